The number of aliphatic carboxylic acids is 1. The van der Waals surface area contributed by atoms with Gasteiger partial charge in [-0.3, -0.25) is 9.78 Å². The minimum atomic E-state index is -1.61. The molecule has 3 rings (SSSR count). The lowest BCUT2D eigenvalue weighted by atomic mass is 10.1. The minimum absolute atomic E-state index is 0.00787. The van der Waals surface area contributed by atoms with Crippen molar-refractivity contribution in [2.75, 3.05) is 0 Å². The first kappa shape index (κ1) is 16.9. The summed E-state index contributed by atoms with van der Waals surface area (Å²) < 4.78 is 22.2. The van der Waals surface area contributed by atoms with E-state index in [1.54, 1.807) is 18.2 Å². The van der Waals surface area contributed by atoms with Crippen molar-refractivity contribution in [2.24, 2.45) is 0 Å². The molecular formula is C16H13FN4O3S. The Kier molecular flexibility index (Phi) is 4.66. The SMILES string of the molecule is CC(c1ncccc1F)N(Cc1ccc2nsnc2c1)C(=O)C(=O)O. The Morgan fingerprint density at radius 3 is 2.76 bits per heavy atom. The zero-order valence-corrected chi connectivity index (χ0v) is 13.9. The third kappa shape index (κ3) is 3.45. The smallest absolute Gasteiger partial charge is 0.394 e. The first-order valence-corrected chi connectivity index (χ1v) is 8.06. The minimum Gasteiger partial charge on any atom is -0.474 e. The molecule has 1 atom stereocenters. The quantitative estimate of drug-likeness (QED) is 0.718. The van der Waals surface area contributed by atoms with E-state index in [4.69, 9.17) is 5.11 Å². The van der Waals surface area contributed by atoms with Gasteiger partial charge in [-0.1, -0.05) is 6.07 Å². The first-order chi connectivity index (χ1) is 12.0. The number of fused-ring (bicyclic) bond motifs is 1. The Morgan fingerprint density at radius 2 is 2.04 bits per heavy atom. The second-order valence-corrected chi connectivity index (χ2v) is 5.90. The summed E-state index contributed by atoms with van der Waals surface area (Å²) in [6.07, 6.45) is 1.39. The van der Waals surface area contributed by atoms with Crippen molar-refractivity contribution in [3.05, 3.63) is 53.6 Å². The van der Waals surface area contributed by atoms with Gasteiger partial charge in [0.15, 0.2) is 0 Å². The van der Waals surface area contributed by atoms with Crippen LogP contribution in [0.1, 0.15) is 24.2 Å². The van der Waals surface area contributed by atoms with Crippen LogP contribution in [-0.4, -0.2) is 35.6 Å². The number of carboxylic acid groups (broad SMARTS) is 1. The molecule has 0 aliphatic heterocycles. The zero-order chi connectivity index (χ0) is 18.0. The molecule has 0 aliphatic rings. The molecule has 2 aromatic heterocycles. The summed E-state index contributed by atoms with van der Waals surface area (Å²) in [6, 6.07) is 6.99. The first-order valence-electron chi connectivity index (χ1n) is 7.33. The van der Waals surface area contributed by atoms with Crippen molar-refractivity contribution in [1.29, 1.82) is 0 Å². The fourth-order valence-corrected chi connectivity index (χ4v) is 3.00. The lowest BCUT2D eigenvalue weighted by Gasteiger charge is -2.27. The van der Waals surface area contributed by atoms with Gasteiger partial charge < -0.3 is 10.0 Å². The van der Waals surface area contributed by atoms with Gasteiger partial charge >= 0.3 is 11.9 Å². The number of hydrogen-bond donors (Lipinski definition) is 1. The van der Waals surface area contributed by atoms with Gasteiger partial charge in [-0.15, -0.1) is 0 Å². The molecule has 0 spiro atoms. The number of halogens is 1. The van der Waals surface area contributed by atoms with Gasteiger partial charge in [-0.2, -0.15) is 8.75 Å². The maximum absolute atomic E-state index is 14.0. The summed E-state index contributed by atoms with van der Waals surface area (Å²) in [4.78, 5) is 28.3. The number of nitrogens with zero attached hydrogens (tertiary/aromatic N) is 4. The van der Waals surface area contributed by atoms with Gasteiger partial charge in [-0.25, -0.2) is 9.18 Å². The highest BCUT2D eigenvalue weighted by molar-refractivity contribution is 7.00. The number of carbonyl (C=O) groups excluding carboxylic acids is 1. The van der Waals surface area contributed by atoms with E-state index >= 15 is 0 Å². The molecule has 1 amide bonds. The molecule has 1 aromatic carbocycles. The third-order valence-electron chi connectivity index (χ3n) is 3.77. The predicted molar refractivity (Wildman–Crippen MR) is 88.2 cm³/mol. The lowest BCUT2D eigenvalue weighted by Crippen LogP contribution is -2.38. The van der Waals surface area contributed by atoms with Gasteiger partial charge in [0.25, 0.3) is 0 Å². The molecule has 9 heteroatoms. The van der Waals surface area contributed by atoms with Gasteiger partial charge in [0.2, 0.25) is 0 Å². The van der Waals surface area contributed by atoms with Crippen LogP contribution in [0, 0.1) is 5.82 Å². The van der Waals surface area contributed by atoms with Crippen LogP contribution >= 0.6 is 11.7 Å². The van der Waals surface area contributed by atoms with Crippen molar-refractivity contribution in [2.45, 2.75) is 19.5 Å². The average Bonchev–Trinajstić information content (AvgIpc) is 3.06. The molecule has 25 heavy (non-hydrogen) atoms. The fourth-order valence-electron chi connectivity index (χ4n) is 2.48. The Bertz CT molecular complexity index is 946. The highest BCUT2D eigenvalue weighted by atomic mass is 32.1. The molecule has 0 radical (unpaired) electrons. The van der Waals surface area contributed by atoms with Crippen LogP contribution in [-0.2, 0) is 16.1 Å². The van der Waals surface area contributed by atoms with Crippen molar-refractivity contribution in [3.63, 3.8) is 0 Å². The van der Waals surface area contributed by atoms with Crippen LogP contribution in [0.2, 0.25) is 0 Å². The van der Waals surface area contributed by atoms with Crippen LogP contribution in [0.15, 0.2) is 36.5 Å². The summed E-state index contributed by atoms with van der Waals surface area (Å²) in [5.41, 5.74) is 2.04. The van der Waals surface area contributed by atoms with Crippen molar-refractivity contribution in [1.82, 2.24) is 18.6 Å². The van der Waals surface area contributed by atoms with E-state index in [-0.39, 0.29) is 12.2 Å². The molecule has 0 saturated heterocycles. The number of pyridine rings is 1. The average molecular weight is 360 g/mol. The van der Waals surface area contributed by atoms with E-state index in [0.717, 1.165) is 16.6 Å². The number of carboxylic acids is 1. The van der Waals surface area contributed by atoms with E-state index in [1.807, 2.05) is 0 Å². The molecule has 0 saturated carbocycles. The number of benzene rings is 1. The highest BCUT2D eigenvalue weighted by Crippen LogP contribution is 2.24. The van der Waals surface area contributed by atoms with Gasteiger partial charge in [0, 0.05) is 12.7 Å². The highest BCUT2D eigenvalue weighted by Gasteiger charge is 2.29. The molecule has 7 nitrogen and oxygen atoms in total. The van der Waals surface area contributed by atoms with Crippen LogP contribution in [0.5, 0.6) is 0 Å². The van der Waals surface area contributed by atoms with Gasteiger partial charge in [0.05, 0.1) is 23.5 Å². The van der Waals surface area contributed by atoms with Crippen LogP contribution in [0.4, 0.5) is 4.39 Å². The van der Waals surface area contributed by atoms with Crippen LogP contribution in [0.25, 0.3) is 11.0 Å². The molecule has 1 N–H and O–H groups in total. The Balaban J connectivity index is 1.95. The third-order valence-corrected chi connectivity index (χ3v) is 4.32. The van der Waals surface area contributed by atoms with Gasteiger partial charge in [-0.05, 0) is 36.8 Å². The van der Waals surface area contributed by atoms with Crippen LogP contribution < -0.4 is 0 Å². The number of amides is 1. The Hall–Kier alpha value is -2.94. The van der Waals surface area contributed by atoms with E-state index in [0.29, 0.717) is 16.6 Å². The largest absolute Gasteiger partial charge is 0.474 e. The number of hydrogen-bond acceptors (Lipinski definition) is 6. The second kappa shape index (κ2) is 6.89. The molecule has 0 fully saturated rings. The number of carbonyl (C=O) groups is 2. The Morgan fingerprint density at radius 1 is 1.28 bits per heavy atom. The van der Waals surface area contributed by atoms with E-state index < -0.39 is 23.7 Å². The Labute approximate surface area is 146 Å². The van der Waals surface area contributed by atoms with Crippen molar-refractivity contribution in [3.8, 4) is 0 Å². The number of aromatic nitrogens is 3. The molecule has 1 unspecified atom stereocenters. The van der Waals surface area contributed by atoms with E-state index in [1.165, 1.54) is 25.3 Å². The maximum atomic E-state index is 14.0. The summed E-state index contributed by atoms with van der Waals surface area (Å²) in [5, 5.41) is 9.11. The van der Waals surface area contributed by atoms with E-state index in [9.17, 15) is 14.0 Å². The second-order valence-electron chi connectivity index (χ2n) is 5.37. The van der Waals surface area contributed by atoms with Crippen molar-refractivity contribution >= 4 is 34.6 Å². The van der Waals surface area contributed by atoms with E-state index in [2.05, 4.69) is 13.7 Å². The summed E-state index contributed by atoms with van der Waals surface area (Å²) in [5.74, 6) is -3.34. The molecule has 0 bridgehead atoms. The van der Waals surface area contributed by atoms with Crippen molar-refractivity contribution < 1.29 is 19.1 Å². The topological polar surface area (TPSA) is 96.3 Å². The summed E-state index contributed by atoms with van der Waals surface area (Å²) in [6.45, 7) is 1.52. The molecule has 2 heterocycles. The predicted octanol–water partition coefficient (Wildman–Crippen LogP) is 2.40. The number of rotatable bonds is 4. The fraction of sp³-hybridized carbons (Fsp3) is 0.188. The molecule has 0 aliphatic carbocycles. The normalized spacial score (nSPS) is 12.1. The monoisotopic (exact) mass is 360 g/mol. The summed E-state index contributed by atoms with van der Waals surface area (Å²) >= 11 is 1.06. The summed E-state index contributed by atoms with van der Waals surface area (Å²) in [7, 11) is 0. The zero-order valence-electron chi connectivity index (χ0n) is 13.1. The van der Waals surface area contributed by atoms with Crippen LogP contribution in [0.3, 0.4) is 0 Å². The maximum Gasteiger partial charge on any atom is 0.394 e. The molecular weight excluding hydrogens is 347 g/mol. The standard InChI is InChI=1S/C16H13FN4O3S/c1-9(14-11(17)3-2-6-18-14)21(15(22)16(23)24)8-10-4-5-12-13(7-10)20-25-19-12/h2-7,9H,8H2,1H3,(H,23,24). The lowest BCUT2D eigenvalue weighted by molar-refractivity contribution is -0.157. The molecule has 3 aromatic rings. The molecule has 128 valence electrons. The van der Waals surface area contributed by atoms with Gasteiger partial charge in [0.1, 0.15) is 16.9 Å².